The first-order valence-electron chi connectivity index (χ1n) is 9.65. The van der Waals surface area contributed by atoms with E-state index in [0.29, 0.717) is 24.8 Å². The van der Waals surface area contributed by atoms with Crippen molar-refractivity contribution < 1.29 is 9.47 Å². The molecular weight excluding hydrogens is 378 g/mol. The van der Waals surface area contributed by atoms with Gasteiger partial charge in [0.05, 0.1) is 32.5 Å². The molecule has 1 aromatic heterocycles. The number of halogens is 1. The fourth-order valence-corrected chi connectivity index (χ4v) is 3.35. The Bertz CT molecular complexity index is 808. The lowest BCUT2D eigenvalue weighted by Crippen LogP contribution is -2.48. The number of hydrogen-bond donors (Lipinski definition) is 1. The molecule has 1 saturated heterocycles. The molecule has 1 atom stereocenters. The van der Waals surface area contributed by atoms with Gasteiger partial charge in [0, 0.05) is 42.5 Å². The normalized spacial score (nSPS) is 17.6. The van der Waals surface area contributed by atoms with Crippen LogP contribution in [0.15, 0.2) is 35.6 Å². The minimum Gasteiger partial charge on any atom is -0.493 e. The summed E-state index contributed by atoms with van der Waals surface area (Å²) in [7, 11) is 1.91. The summed E-state index contributed by atoms with van der Waals surface area (Å²) >= 11 is 6.11. The summed E-state index contributed by atoms with van der Waals surface area (Å²) in [5, 5.41) is 8.31. The van der Waals surface area contributed by atoms with E-state index < -0.39 is 0 Å². The predicted molar refractivity (Wildman–Crippen MR) is 111 cm³/mol. The summed E-state index contributed by atoms with van der Waals surface area (Å²) in [5.41, 5.74) is 2.10. The molecule has 8 heteroatoms. The fraction of sp³-hybridized carbons (Fsp3) is 0.500. The zero-order valence-electron chi connectivity index (χ0n) is 16.7. The van der Waals surface area contributed by atoms with E-state index in [1.807, 2.05) is 44.6 Å². The van der Waals surface area contributed by atoms with Crippen LogP contribution in [-0.2, 0) is 18.3 Å². The lowest BCUT2D eigenvalue weighted by molar-refractivity contribution is -0.00805. The quantitative estimate of drug-likeness (QED) is 0.591. The zero-order chi connectivity index (χ0) is 19.9. The molecule has 0 aliphatic carbocycles. The average Bonchev–Trinajstić information content (AvgIpc) is 3.13. The van der Waals surface area contributed by atoms with Gasteiger partial charge in [0.25, 0.3) is 0 Å². The Morgan fingerprint density at radius 3 is 3.00 bits per heavy atom. The van der Waals surface area contributed by atoms with Gasteiger partial charge in [0.2, 0.25) is 0 Å². The van der Waals surface area contributed by atoms with Crippen LogP contribution in [0.3, 0.4) is 0 Å². The first kappa shape index (κ1) is 20.5. The predicted octanol–water partition coefficient (Wildman–Crippen LogP) is 3.01. The van der Waals surface area contributed by atoms with Crippen LogP contribution in [0.5, 0.6) is 5.75 Å². The second-order valence-corrected chi connectivity index (χ2v) is 7.04. The van der Waals surface area contributed by atoms with Gasteiger partial charge in [-0.15, -0.1) is 0 Å². The van der Waals surface area contributed by atoms with Crippen molar-refractivity contribution in [3.63, 3.8) is 0 Å². The molecular formula is C20H28ClN5O2. The summed E-state index contributed by atoms with van der Waals surface area (Å²) in [5.74, 6) is 1.65. The van der Waals surface area contributed by atoms with Crippen LogP contribution in [-0.4, -0.2) is 53.5 Å². The lowest BCUT2D eigenvalue weighted by atomic mass is 10.1. The fourth-order valence-electron chi connectivity index (χ4n) is 3.18. The van der Waals surface area contributed by atoms with Crippen LogP contribution < -0.4 is 10.1 Å². The van der Waals surface area contributed by atoms with E-state index in [4.69, 9.17) is 26.1 Å². The second kappa shape index (κ2) is 9.80. The molecule has 0 amide bonds. The van der Waals surface area contributed by atoms with Crippen LogP contribution in [0, 0.1) is 0 Å². The maximum Gasteiger partial charge on any atom is 0.194 e. The molecule has 1 aliphatic rings. The van der Waals surface area contributed by atoms with Gasteiger partial charge in [-0.1, -0.05) is 17.7 Å². The highest BCUT2D eigenvalue weighted by Crippen LogP contribution is 2.25. The molecule has 2 heterocycles. The molecule has 0 radical (unpaired) electrons. The Labute approximate surface area is 171 Å². The maximum absolute atomic E-state index is 6.11. The Hall–Kier alpha value is -2.25. The largest absolute Gasteiger partial charge is 0.493 e. The van der Waals surface area contributed by atoms with E-state index in [1.54, 1.807) is 4.68 Å². The molecule has 2 aromatic rings. The van der Waals surface area contributed by atoms with Crippen LogP contribution in [0.25, 0.3) is 0 Å². The van der Waals surface area contributed by atoms with Crippen molar-refractivity contribution in [2.45, 2.75) is 26.5 Å². The van der Waals surface area contributed by atoms with Crippen LogP contribution >= 0.6 is 11.6 Å². The van der Waals surface area contributed by atoms with Crippen molar-refractivity contribution >= 4 is 17.6 Å². The molecule has 0 spiro atoms. The van der Waals surface area contributed by atoms with E-state index in [2.05, 4.69) is 22.2 Å². The van der Waals surface area contributed by atoms with Crippen molar-refractivity contribution in [1.29, 1.82) is 0 Å². The van der Waals surface area contributed by atoms with Gasteiger partial charge in [-0.2, -0.15) is 5.10 Å². The molecule has 1 aliphatic heterocycles. The van der Waals surface area contributed by atoms with E-state index in [9.17, 15) is 0 Å². The second-order valence-electron chi connectivity index (χ2n) is 6.61. The maximum atomic E-state index is 6.11. The average molecular weight is 406 g/mol. The number of ether oxygens (including phenoxy) is 2. The summed E-state index contributed by atoms with van der Waals surface area (Å²) in [4.78, 5) is 7.08. The lowest BCUT2D eigenvalue weighted by Gasteiger charge is -2.34. The van der Waals surface area contributed by atoms with Crippen LogP contribution in [0.2, 0.25) is 5.02 Å². The Kier molecular flexibility index (Phi) is 7.17. The third-order valence-corrected chi connectivity index (χ3v) is 4.76. The Morgan fingerprint density at radius 2 is 2.29 bits per heavy atom. The van der Waals surface area contributed by atoms with E-state index in [-0.39, 0.29) is 6.10 Å². The highest BCUT2D eigenvalue weighted by atomic mass is 35.5. The third-order valence-electron chi connectivity index (χ3n) is 4.53. The first-order valence-corrected chi connectivity index (χ1v) is 10.0. The Morgan fingerprint density at radius 1 is 1.43 bits per heavy atom. The number of hydrogen-bond acceptors (Lipinski definition) is 4. The van der Waals surface area contributed by atoms with Crippen molar-refractivity contribution in [2.75, 3.05) is 32.8 Å². The molecule has 1 unspecified atom stereocenters. The van der Waals surface area contributed by atoms with Crippen LogP contribution in [0.4, 0.5) is 0 Å². The van der Waals surface area contributed by atoms with Gasteiger partial charge in [-0.3, -0.25) is 4.68 Å². The Balaban J connectivity index is 1.75. The van der Waals surface area contributed by atoms with E-state index >= 15 is 0 Å². The molecule has 3 rings (SSSR count). The standard InChI is InChI=1S/C20H28ClN5O2/c1-4-22-20(23-11-15-6-7-17(21)10-18(15)27-5-2)26-8-9-28-19(14-26)16-12-24-25(3)13-16/h6-7,10,12-13,19H,4-5,8-9,11,14H2,1-3H3,(H,22,23). The number of guanidine groups is 1. The number of rotatable bonds is 6. The van der Waals surface area contributed by atoms with Gasteiger partial charge >= 0.3 is 0 Å². The first-order chi connectivity index (χ1) is 13.6. The van der Waals surface area contributed by atoms with E-state index in [1.165, 1.54) is 0 Å². The summed E-state index contributed by atoms with van der Waals surface area (Å²) in [6, 6.07) is 5.68. The van der Waals surface area contributed by atoms with Gasteiger partial charge < -0.3 is 19.7 Å². The van der Waals surface area contributed by atoms with Gasteiger partial charge in [-0.25, -0.2) is 4.99 Å². The molecule has 1 aromatic carbocycles. The molecule has 152 valence electrons. The highest BCUT2D eigenvalue weighted by Gasteiger charge is 2.25. The van der Waals surface area contributed by atoms with E-state index in [0.717, 1.165) is 42.5 Å². The smallest absolute Gasteiger partial charge is 0.194 e. The van der Waals surface area contributed by atoms with Crippen LogP contribution in [0.1, 0.15) is 31.1 Å². The topological polar surface area (TPSA) is 63.9 Å². The number of nitrogens with zero attached hydrogens (tertiary/aromatic N) is 4. The van der Waals surface area contributed by atoms with Crippen molar-refractivity contribution in [3.05, 3.63) is 46.7 Å². The molecule has 0 bridgehead atoms. The minimum atomic E-state index is -0.0131. The summed E-state index contributed by atoms with van der Waals surface area (Å²) in [6.07, 6.45) is 3.85. The molecule has 28 heavy (non-hydrogen) atoms. The number of aliphatic imine (C=N–C) groups is 1. The molecule has 0 saturated carbocycles. The van der Waals surface area contributed by atoms with Crippen molar-refractivity contribution in [1.82, 2.24) is 20.0 Å². The monoisotopic (exact) mass is 405 g/mol. The summed E-state index contributed by atoms with van der Waals surface area (Å²) in [6.45, 7) is 8.11. The minimum absolute atomic E-state index is 0.0131. The summed E-state index contributed by atoms with van der Waals surface area (Å²) < 4.78 is 13.5. The van der Waals surface area contributed by atoms with Gasteiger partial charge in [-0.05, 0) is 26.0 Å². The number of nitrogens with one attached hydrogen (secondary N) is 1. The number of aryl methyl sites for hydroxylation is 1. The van der Waals surface area contributed by atoms with Gasteiger partial charge in [0.1, 0.15) is 11.9 Å². The molecule has 1 N–H and O–H groups in total. The molecule has 1 fully saturated rings. The third kappa shape index (κ3) is 5.17. The highest BCUT2D eigenvalue weighted by molar-refractivity contribution is 6.30. The van der Waals surface area contributed by atoms with Gasteiger partial charge in [0.15, 0.2) is 5.96 Å². The number of aromatic nitrogens is 2. The zero-order valence-corrected chi connectivity index (χ0v) is 17.4. The number of morpholine rings is 1. The molecule has 7 nitrogen and oxygen atoms in total. The number of benzene rings is 1. The van der Waals surface area contributed by atoms with Crippen molar-refractivity contribution in [2.24, 2.45) is 12.0 Å². The SMILES string of the molecule is CCNC(=NCc1ccc(Cl)cc1OCC)N1CCOC(c2cnn(C)c2)C1. The van der Waals surface area contributed by atoms with Crippen molar-refractivity contribution in [3.8, 4) is 5.75 Å².